The second-order valence-electron chi connectivity index (χ2n) is 9.44. The number of para-hydroxylation sites is 1. The van der Waals surface area contributed by atoms with Crippen LogP contribution in [-0.4, -0.2) is 52.7 Å². The van der Waals surface area contributed by atoms with Crippen LogP contribution in [0.2, 0.25) is 0 Å². The molecule has 5 nitrogen and oxygen atoms in total. The fourth-order valence-corrected chi connectivity index (χ4v) is 4.92. The summed E-state index contributed by atoms with van der Waals surface area (Å²) in [5.74, 6) is -0.556. The fraction of sp³-hybridized carbons (Fsp3) is 0.444. The molecule has 35 heavy (non-hydrogen) atoms. The van der Waals surface area contributed by atoms with E-state index in [0.717, 1.165) is 24.2 Å². The van der Waals surface area contributed by atoms with E-state index < -0.39 is 30.2 Å². The molecule has 0 radical (unpaired) electrons. The number of rotatable bonds is 7. The van der Waals surface area contributed by atoms with Gasteiger partial charge in [0.15, 0.2) is 11.0 Å². The van der Waals surface area contributed by atoms with Gasteiger partial charge in [0.2, 0.25) is 0 Å². The fourth-order valence-electron chi connectivity index (χ4n) is 4.92. The van der Waals surface area contributed by atoms with Crippen molar-refractivity contribution in [1.29, 1.82) is 0 Å². The maximum absolute atomic E-state index is 14.4. The Morgan fingerprint density at radius 2 is 1.74 bits per heavy atom. The molecule has 2 heterocycles. The van der Waals surface area contributed by atoms with Crippen LogP contribution in [0.4, 0.5) is 13.2 Å². The number of ether oxygens (including phenoxy) is 1. The van der Waals surface area contributed by atoms with E-state index in [-0.39, 0.29) is 5.43 Å². The van der Waals surface area contributed by atoms with E-state index in [1.807, 2.05) is 24.3 Å². The van der Waals surface area contributed by atoms with Crippen molar-refractivity contribution in [3.8, 4) is 0 Å². The Morgan fingerprint density at radius 1 is 1.03 bits per heavy atom. The molecule has 1 N–H and O–H groups in total. The number of halogens is 3. The van der Waals surface area contributed by atoms with Crippen LogP contribution in [0.1, 0.15) is 43.4 Å². The number of alkyl halides is 3. The standard InChI is InChI=1S/C27H31F3N2O3/c1-19(22-7-5-6-21(16-22)18-31-12-14-35-15-13-31)17-26(34,27(28,29)30)20(2)32-11-10-25(33)23-8-3-4-9-24(23)32/h3-11,16,19-20,34H,12-15,17-18H2,1-2H3. The topological polar surface area (TPSA) is 54.7 Å². The van der Waals surface area contributed by atoms with E-state index in [1.54, 1.807) is 31.2 Å². The second-order valence-corrected chi connectivity index (χ2v) is 9.44. The van der Waals surface area contributed by atoms with Crippen LogP contribution in [0.3, 0.4) is 0 Å². The van der Waals surface area contributed by atoms with Crippen molar-refractivity contribution >= 4 is 10.9 Å². The van der Waals surface area contributed by atoms with Gasteiger partial charge in [-0.1, -0.05) is 43.3 Å². The summed E-state index contributed by atoms with van der Waals surface area (Å²) in [6, 6.07) is 14.0. The molecule has 1 aromatic heterocycles. The number of benzene rings is 2. The van der Waals surface area contributed by atoms with Gasteiger partial charge in [0.25, 0.3) is 0 Å². The third-order valence-electron chi connectivity index (χ3n) is 7.08. The minimum Gasteiger partial charge on any atom is -0.379 e. The van der Waals surface area contributed by atoms with Gasteiger partial charge < -0.3 is 14.4 Å². The lowest BCUT2D eigenvalue weighted by Crippen LogP contribution is -2.52. The summed E-state index contributed by atoms with van der Waals surface area (Å²) >= 11 is 0. The van der Waals surface area contributed by atoms with Crippen molar-refractivity contribution in [3.63, 3.8) is 0 Å². The molecule has 1 saturated heterocycles. The summed E-state index contributed by atoms with van der Waals surface area (Å²) in [6.45, 7) is 6.75. The molecule has 0 aliphatic carbocycles. The van der Waals surface area contributed by atoms with E-state index >= 15 is 0 Å². The van der Waals surface area contributed by atoms with Crippen LogP contribution in [-0.2, 0) is 11.3 Å². The molecule has 0 bridgehead atoms. The Kier molecular flexibility index (Phi) is 7.35. The highest BCUT2D eigenvalue weighted by atomic mass is 19.4. The second kappa shape index (κ2) is 10.1. The first-order valence-corrected chi connectivity index (χ1v) is 11.9. The van der Waals surface area contributed by atoms with Crippen LogP contribution in [0, 0.1) is 0 Å². The Balaban J connectivity index is 1.63. The highest BCUT2D eigenvalue weighted by molar-refractivity contribution is 5.78. The number of hydrogen-bond donors (Lipinski definition) is 1. The first-order chi connectivity index (χ1) is 16.6. The Bertz CT molecular complexity index is 1220. The van der Waals surface area contributed by atoms with Crippen molar-refractivity contribution in [3.05, 3.63) is 82.1 Å². The van der Waals surface area contributed by atoms with Gasteiger partial charge in [0, 0.05) is 37.3 Å². The van der Waals surface area contributed by atoms with Crippen LogP contribution in [0.15, 0.2) is 65.6 Å². The SMILES string of the molecule is CC(CC(O)(C(C)n1ccc(=O)c2ccccc21)C(F)(F)F)c1cccc(CN2CCOCC2)c1. The van der Waals surface area contributed by atoms with E-state index in [0.29, 0.717) is 30.7 Å². The monoisotopic (exact) mass is 488 g/mol. The highest BCUT2D eigenvalue weighted by Gasteiger charge is 2.58. The van der Waals surface area contributed by atoms with Crippen LogP contribution in [0.5, 0.6) is 0 Å². The van der Waals surface area contributed by atoms with Crippen molar-refractivity contribution in [1.82, 2.24) is 9.47 Å². The normalized spacial score (nSPS) is 18.8. The van der Waals surface area contributed by atoms with E-state index in [1.165, 1.54) is 23.8 Å². The molecule has 188 valence electrons. The smallest absolute Gasteiger partial charge is 0.379 e. The maximum Gasteiger partial charge on any atom is 0.419 e. The molecule has 0 saturated carbocycles. The predicted octanol–water partition coefficient (Wildman–Crippen LogP) is 4.88. The molecule has 0 spiro atoms. The van der Waals surface area contributed by atoms with Crippen molar-refractivity contribution in [2.75, 3.05) is 26.3 Å². The zero-order chi connectivity index (χ0) is 25.2. The van der Waals surface area contributed by atoms with Gasteiger partial charge in [-0.25, -0.2) is 0 Å². The Labute approximate surface area is 202 Å². The number of morpholine rings is 1. The van der Waals surface area contributed by atoms with Gasteiger partial charge in [-0.05, 0) is 42.5 Å². The zero-order valence-corrected chi connectivity index (χ0v) is 20.0. The first-order valence-electron chi connectivity index (χ1n) is 11.9. The van der Waals surface area contributed by atoms with E-state index in [2.05, 4.69) is 4.90 Å². The summed E-state index contributed by atoms with van der Waals surface area (Å²) in [6.07, 6.45) is -4.06. The molecule has 4 rings (SSSR count). The van der Waals surface area contributed by atoms with E-state index in [9.17, 15) is 23.1 Å². The summed E-state index contributed by atoms with van der Waals surface area (Å²) in [7, 11) is 0. The molecule has 0 amide bonds. The number of aromatic nitrogens is 1. The number of fused-ring (bicyclic) bond motifs is 1. The summed E-state index contributed by atoms with van der Waals surface area (Å²) in [5.41, 5.74) is -1.16. The van der Waals surface area contributed by atoms with Crippen LogP contribution >= 0.6 is 0 Å². The largest absolute Gasteiger partial charge is 0.419 e. The number of hydrogen-bond acceptors (Lipinski definition) is 4. The quantitative estimate of drug-likeness (QED) is 0.515. The van der Waals surface area contributed by atoms with Crippen LogP contribution in [0.25, 0.3) is 10.9 Å². The van der Waals surface area contributed by atoms with Gasteiger partial charge in [0.05, 0.1) is 24.8 Å². The minimum absolute atomic E-state index is 0.273. The molecular formula is C27H31F3N2O3. The van der Waals surface area contributed by atoms with Gasteiger partial charge in [-0.15, -0.1) is 0 Å². The summed E-state index contributed by atoms with van der Waals surface area (Å²) < 4.78 is 50.1. The average molecular weight is 489 g/mol. The lowest BCUT2D eigenvalue weighted by atomic mass is 9.81. The zero-order valence-electron chi connectivity index (χ0n) is 20.0. The Morgan fingerprint density at radius 3 is 2.46 bits per heavy atom. The third kappa shape index (κ3) is 5.29. The first kappa shape index (κ1) is 25.4. The molecule has 3 unspecified atom stereocenters. The van der Waals surface area contributed by atoms with Gasteiger partial charge in [0.1, 0.15) is 0 Å². The molecule has 3 aromatic rings. The third-order valence-corrected chi connectivity index (χ3v) is 7.08. The summed E-state index contributed by atoms with van der Waals surface area (Å²) in [4.78, 5) is 14.5. The predicted molar refractivity (Wildman–Crippen MR) is 129 cm³/mol. The minimum atomic E-state index is -4.88. The number of aliphatic hydroxyl groups is 1. The number of pyridine rings is 1. The molecular weight excluding hydrogens is 457 g/mol. The molecule has 3 atom stereocenters. The molecule has 8 heteroatoms. The van der Waals surface area contributed by atoms with Gasteiger partial charge in [-0.2, -0.15) is 13.2 Å². The summed E-state index contributed by atoms with van der Waals surface area (Å²) in [5, 5.41) is 11.5. The highest BCUT2D eigenvalue weighted by Crippen LogP contribution is 2.45. The molecule has 1 aliphatic heterocycles. The molecule has 1 fully saturated rings. The van der Waals surface area contributed by atoms with Crippen molar-refractivity contribution < 1.29 is 23.0 Å². The Hall–Kier alpha value is -2.68. The van der Waals surface area contributed by atoms with Gasteiger partial charge in [-0.3, -0.25) is 9.69 Å². The lowest BCUT2D eigenvalue weighted by molar-refractivity contribution is -0.278. The van der Waals surface area contributed by atoms with Crippen molar-refractivity contribution in [2.24, 2.45) is 0 Å². The number of nitrogens with zero attached hydrogens (tertiary/aromatic N) is 2. The lowest BCUT2D eigenvalue weighted by Gasteiger charge is -2.39. The van der Waals surface area contributed by atoms with Crippen LogP contribution < -0.4 is 5.43 Å². The van der Waals surface area contributed by atoms with Crippen molar-refractivity contribution in [2.45, 2.75) is 50.6 Å². The molecule has 2 aromatic carbocycles. The van der Waals surface area contributed by atoms with Gasteiger partial charge >= 0.3 is 6.18 Å². The maximum atomic E-state index is 14.4. The molecule has 1 aliphatic rings. The van der Waals surface area contributed by atoms with E-state index in [4.69, 9.17) is 4.74 Å². The average Bonchev–Trinajstić information content (AvgIpc) is 2.84.